The molecule has 0 aliphatic carbocycles. The van der Waals surface area contributed by atoms with E-state index in [1.165, 1.54) is 12.1 Å². The van der Waals surface area contributed by atoms with Crippen molar-refractivity contribution in [2.24, 2.45) is 0 Å². The predicted molar refractivity (Wildman–Crippen MR) is 73.8 cm³/mol. The van der Waals surface area contributed by atoms with Gasteiger partial charge in [-0.15, -0.1) is 11.8 Å². The summed E-state index contributed by atoms with van der Waals surface area (Å²) in [6, 6.07) is 6.22. The van der Waals surface area contributed by atoms with E-state index in [-0.39, 0.29) is 17.6 Å². The normalized spacial score (nSPS) is 18.3. The molecule has 1 saturated heterocycles. The second-order valence-electron chi connectivity index (χ2n) is 4.39. The van der Waals surface area contributed by atoms with Crippen molar-refractivity contribution in [3.05, 3.63) is 39.9 Å². The fourth-order valence-electron chi connectivity index (χ4n) is 1.94. The number of likely N-dealkylation sites (N-methyl/N-ethyl adjacent to an activating group) is 1. The summed E-state index contributed by atoms with van der Waals surface area (Å²) in [5.74, 6) is 1.59. The number of carbonyl (C=O) groups is 1. The Bertz CT molecular complexity index is 489. The van der Waals surface area contributed by atoms with Crippen LogP contribution in [0, 0.1) is 10.1 Å². The summed E-state index contributed by atoms with van der Waals surface area (Å²) in [6.45, 7) is 0.378. The van der Waals surface area contributed by atoms with Gasteiger partial charge in [0.2, 0.25) is 5.91 Å². The molecule has 1 aromatic carbocycles. The monoisotopic (exact) mass is 281 g/mol. The lowest BCUT2D eigenvalue weighted by molar-refractivity contribution is -0.384. The Morgan fingerprint density at radius 3 is 3.05 bits per heavy atom. The largest absolute Gasteiger partial charge is 0.340 e. The molecule has 1 amide bonds. The number of hydrogen-bond donors (Lipinski definition) is 1. The Morgan fingerprint density at radius 2 is 2.42 bits per heavy atom. The zero-order valence-electron chi connectivity index (χ0n) is 10.5. The molecule has 7 heteroatoms. The zero-order valence-corrected chi connectivity index (χ0v) is 11.4. The lowest BCUT2D eigenvalue weighted by Gasteiger charge is -2.20. The van der Waals surface area contributed by atoms with Crippen LogP contribution in [0.25, 0.3) is 0 Å². The molecule has 1 fully saturated rings. The van der Waals surface area contributed by atoms with E-state index in [1.54, 1.807) is 35.8 Å². The molecule has 1 N–H and O–H groups in total. The first-order valence-corrected chi connectivity index (χ1v) is 7.03. The smallest absolute Gasteiger partial charge is 0.269 e. The Morgan fingerprint density at radius 1 is 1.63 bits per heavy atom. The standard InChI is InChI=1S/C12H15N3O3S/c1-14(12(16)11-7-19-8-13-11)6-9-3-2-4-10(5-9)15(17)18/h2-5,11,13H,6-8H2,1H3. The van der Waals surface area contributed by atoms with Crippen LogP contribution < -0.4 is 5.32 Å². The number of non-ortho nitro benzene ring substituents is 1. The van der Waals surface area contributed by atoms with Gasteiger partial charge in [0.05, 0.1) is 11.0 Å². The van der Waals surface area contributed by atoms with E-state index in [0.717, 1.165) is 17.2 Å². The lowest BCUT2D eigenvalue weighted by atomic mass is 10.2. The first-order valence-electron chi connectivity index (χ1n) is 5.87. The molecule has 0 aromatic heterocycles. The minimum absolute atomic E-state index is 0.0245. The second kappa shape index (κ2) is 6.03. The van der Waals surface area contributed by atoms with E-state index in [1.807, 2.05) is 0 Å². The van der Waals surface area contributed by atoms with Gasteiger partial charge in [0.25, 0.3) is 5.69 Å². The van der Waals surface area contributed by atoms with Crippen molar-refractivity contribution in [1.82, 2.24) is 10.2 Å². The molecule has 102 valence electrons. The van der Waals surface area contributed by atoms with E-state index in [9.17, 15) is 14.9 Å². The van der Waals surface area contributed by atoms with Crippen molar-refractivity contribution in [1.29, 1.82) is 0 Å². The second-order valence-corrected chi connectivity index (χ2v) is 5.42. The molecule has 1 heterocycles. The molecule has 1 atom stereocenters. The van der Waals surface area contributed by atoms with Crippen LogP contribution >= 0.6 is 11.8 Å². The molecule has 0 saturated carbocycles. The summed E-state index contributed by atoms with van der Waals surface area (Å²) in [7, 11) is 1.71. The van der Waals surface area contributed by atoms with Gasteiger partial charge < -0.3 is 4.90 Å². The van der Waals surface area contributed by atoms with Crippen LogP contribution in [-0.2, 0) is 11.3 Å². The first kappa shape index (κ1) is 13.8. The lowest BCUT2D eigenvalue weighted by Crippen LogP contribution is -2.42. The minimum Gasteiger partial charge on any atom is -0.340 e. The van der Waals surface area contributed by atoms with Crippen LogP contribution in [0.2, 0.25) is 0 Å². The highest BCUT2D eigenvalue weighted by Gasteiger charge is 2.25. The topological polar surface area (TPSA) is 75.5 Å². The molecule has 0 radical (unpaired) electrons. The fourth-order valence-corrected chi connectivity index (χ4v) is 2.87. The molecule has 1 aliphatic heterocycles. The molecule has 1 aliphatic rings. The Hall–Kier alpha value is -1.60. The number of benzene rings is 1. The number of hydrogen-bond acceptors (Lipinski definition) is 5. The van der Waals surface area contributed by atoms with E-state index >= 15 is 0 Å². The van der Waals surface area contributed by atoms with Crippen molar-refractivity contribution >= 4 is 23.4 Å². The van der Waals surface area contributed by atoms with Crippen LogP contribution in [-0.4, -0.2) is 40.4 Å². The van der Waals surface area contributed by atoms with Gasteiger partial charge in [-0.1, -0.05) is 12.1 Å². The van der Waals surface area contributed by atoms with E-state index in [0.29, 0.717) is 6.54 Å². The third-order valence-corrected chi connectivity index (χ3v) is 3.87. The van der Waals surface area contributed by atoms with Crippen LogP contribution in [0.15, 0.2) is 24.3 Å². The molecule has 0 spiro atoms. The number of nitro groups is 1. The van der Waals surface area contributed by atoms with Gasteiger partial charge in [0.15, 0.2) is 0 Å². The Balaban J connectivity index is 2.01. The van der Waals surface area contributed by atoms with E-state index in [2.05, 4.69) is 5.32 Å². The molecular formula is C12H15N3O3S. The maximum absolute atomic E-state index is 12.1. The highest BCUT2D eigenvalue weighted by Crippen LogP contribution is 2.16. The quantitative estimate of drug-likeness (QED) is 0.663. The number of carbonyl (C=O) groups excluding carboxylic acids is 1. The van der Waals surface area contributed by atoms with Crippen LogP contribution in [0.4, 0.5) is 5.69 Å². The molecule has 19 heavy (non-hydrogen) atoms. The minimum atomic E-state index is -0.430. The zero-order chi connectivity index (χ0) is 13.8. The number of amides is 1. The molecule has 0 bridgehead atoms. The average Bonchev–Trinajstić information content (AvgIpc) is 2.92. The summed E-state index contributed by atoms with van der Waals surface area (Å²) in [5, 5.41) is 13.8. The van der Waals surface area contributed by atoms with E-state index in [4.69, 9.17) is 0 Å². The molecule has 1 aromatic rings. The summed E-state index contributed by atoms with van der Waals surface area (Å²) in [4.78, 5) is 23.9. The van der Waals surface area contributed by atoms with Crippen molar-refractivity contribution in [3.63, 3.8) is 0 Å². The molecule has 2 rings (SSSR count). The molecular weight excluding hydrogens is 266 g/mol. The third kappa shape index (κ3) is 3.45. The summed E-state index contributed by atoms with van der Waals surface area (Å²) in [6.07, 6.45) is 0. The maximum atomic E-state index is 12.1. The van der Waals surface area contributed by atoms with Gasteiger partial charge in [-0.2, -0.15) is 0 Å². The van der Waals surface area contributed by atoms with Gasteiger partial charge in [-0.25, -0.2) is 0 Å². The first-order chi connectivity index (χ1) is 9.08. The van der Waals surface area contributed by atoms with Crippen molar-refractivity contribution in [2.75, 3.05) is 18.7 Å². The van der Waals surface area contributed by atoms with Gasteiger partial charge in [-0.3, -0.25) is 20.2 Å². The average molecular weight is 281 g/mol. The summed E-state index contributed by atoms with van der Waals surface area (Å²) in [5.41, 5.74) is 0.809. The van der Waals surface area contributed by atoms with Gasteiger partial charge in [0, 0.05) is 37.4 Å². The number of nitro benzene ring substituents is 1. The van der Waals surface area contributed by atoms with Crippen molar-refractivity contribution < 1.29 is 9.72 Å². The Labute approximate surface area is 115 Å². The van der Waals surface area contributed by atoms with Gasteiger partial charge in [-0.05, 0) is 5.56 Å². The van der Waals surface area contributed by atoms with Crippen LogP contribution in [0.5, 0.6) is 0 Å². The summed E-state index contributed by atoms with van der Waals surface area (Å²) >= 11 is 1.69. The maximum Gasteiger partial charge on any atom is 0.269 e. The number of nitrogens with zero attached hydrogens (tertiary/aromatic N) is 2. The highest BCUT2D eigenvalue weighted by atomic mass is 32.2. The van der Waals surface area contributed by atoms with Gasteiger partial charge >= 0.3 is 0 Å². The van der Waals surface area contributed by atoms with Gasteiger partial charge in [0.1, 0.15) is 0 Å². The molecule has 6 nitrogen and oxygen atoms in total. The van der Waals surface area contributed by atoms with Crippen molar-refractivity contribution in [3.8, 4) is 0 Å². The van der Waals surface area contributed by atoms with Crippen LogP contribution in [0.3, 0.4) is 0 Å². The number of nitrogens with one attached hydrogen (secondary N) is 1. The third-order valence-electron chi connectivity index (χ3n) is 2.93. The fraction of sp³-hybridized carbons (Fsp3) is 0.417. The Kier molecular flexibility index (Phi) is 4.39. The van der Waals surface area contributed by atoms with E-state index < -0.39 is 4.92 Å². The number of rotatable bonds is 4. The predicted octanol–water partition coefficient (Wildman–Crippen LogP) is 1.22. The SMILES string of the molecule is CN(Cc1cccc([N+](=O)[O-])c1)C(=O)C1CSCN1. The molecule has 1 unspecified atom stereocenters. The van der Waals surface area contributed by atoms with Crippen molar-refractivity contribution in [2.45, 2.75) is 12.6 Å². The van der Waals surface area contributed by atoms with Crippen LogP contribution in [0.1, 0.15) is 5.56 Å². The number of thioether (sulfide) groups is 1. The highest BCUT2D eigenvalue weighted by molar-refractivity contribution is 7.99. The summed E-state index contributed by atoms with van der Waals surface area (Å²) < 4.78 is 0.